The van der Waals surface area contributed by atoms with Gasteiger partial charge in [-0.2, -0.15) is 5.10 Å². The van der Waals surface area contributed by atoms with Crippen molar-refractivity contribution < 1.29 is 4.92 Å². The van der Waals surface area contributed by atoms with Gasteiger partial charge in [-0.15, -0.1) is 0 Å². The second-order valence-electron chi connectivity index (χ2n) is 5.62. The number of nitrogens with zero attached hydrogens (tertiary/aromatic N) is 4. The van der Waals surface area contributed by atoms with E-state index in [4.69, 9.17) is 0 Å². The first kappa shape index (κ1) is 15.3. The van der Waals surface area contributed by atoms with Gasteiger partial charge >= 0.3 is 5.69 Å². The van der Waals surface area contributed by atoms with Gasteiger partial charge in [-0.1, -0.05) is 0 Å². The highest BCUT2D eigenvalue weighted by Gasteiger charge is 2.16. The summed E-state index contributed by atoms with van der Waals surface area (Å²) in [4.78, 5) is 22.3. The summed E-state index contributed by atoms with van der Waals surface area (Å²) in [6.45, 7) is 2.01. The van der Waals surface area contributed by atoms with E-state index in [1.807, 2.05) is 0 Å². The van der Waals surface area contributed by atoms with Crippen LogP contribution in [-0.2, 0) is 19.5 Å². The minimum absolute atomic E-state index is 0.0185. The van der Waals surface area contributed by atoms with Crippen molar-refractivity contribution in [3.8, 4) is 0 Å². The lowest BCUT2D eigenvalue weighted by atomic mass is 10.2. The summed E-state index contributed by atoms with van der Waals surface area (Å²) in [5.74, 6) is 0.893. The normalized spacial score (nSPS) is 13.6. The van der Waals surface area contributed by atoms with Crippen LogP contribution in [-0.4, -0.2) is 25.8 Å². The average molecular weight is 317 g/mol. The maximum atomic E-state index is 12.2. The van der Waals surface area contributed by atoms with E-state index in [0.29, 0.717) is 13.1 Å². The van der Waals surface area contributed by atoms with Gasteiger partial charge in [-0.05, 0) is 31.4 Å². The highest BCUT2D eigenvalue weighted by atomic mass is 16.6. The molecule has 0 amide bonds. The molecule has 0 atom stereocenters. The molecule has 0 aliphatic carbocycles. The fourth-order valence-corrected chi connectivity index (χ4v) is 2.76. The van der Waals surface area contributed by atoms with Gasteiger partial charge < -0.3 is 5.32 Å². The van der Waals surface area contributed by atoms with Gasteiger partial charge in [0.05, 0.1) is 4.92 Å². The van der Waals surface area contributed by atoms with Gasteiger partial charge in [-0.25, -0.2) is 9.48 Å². The molecular weight excluding hydrogens is 298 g/mol. The summed E-state index contributed by atoms with van der Waals surface area (Å²) in [7, 11) is 0. The van der Waals surface area contributed by atoms with Crippen LogP contribution in [0.3, 0.4) is 0 Å². The Hall–Kier alpha value is -2.64. The Kier molecular flexibility index (Phi) is 4.40. The molecule has 1 aromatic carbocycles. The molecule has 8 heteroatoms. The fraction of sp³-hybridized carbons (Fsp3) is 0.467. The summed E-state index contributed by atoms with van der Waals surface area (Å²) < 4.78 is 3.31. The lowest BCUT2D eigenvalue weighted by molar-refractivity contribution is -0.384. The summed E-state index contributed by atoms with van der Waals surface area (Å²) in [6, 6.07) is 6.30. The molecule has 0 radical (unpaired) electrons. The number of benzene rings is 1. The monoisotopic (exact) mass is 317 g/mol. The van der Waals surface area contributed by atoms with Crippen molar-refractivity contribution in [1.82, 2.24) is 14.3 Å². The van der Waals surface area contributed by atoms with Crippen LogP contribution in [0.1, 0.15) is 25.1 Å². The van der Waals surface area contributed by atoms with Crippen LogP contribution in [0.2, 0.25) is 0 Å². The lowest BCUT2D eigenvalue weighted by Crippen LogP contribution is -2.27. The van der Waals surface area contributed by atoms with Crippen LogP contribution in [0, 0.1) is 10.1 Å². The van der Waals surface area contributed by atoms with E-state index in [0.717, 1.165) is 43.7 Å². The molecule has 1 aromatic heterocycles. The van der Waals surface area contributed by atoms with Crippen molar-refractivity contribution >= 4 is 11.4 Å². The zero-order valence-electron chi connectivity index (χ0n) is 12.8. The predicted molar refractivity (Wildman–Crippen MR) is 85.6 cm³/mol. The van der Waals surface area contributed by atoms with E-state index in [-0.39, 0.29) is 11.4 Å². The Balaban J connectivity index is 1.51. The Labute approximate surface area is 132 Å². The highest BCUT2D eigenvalue weighted by molar-refractivity contribution is 5.48. The highest BCUT2D eigenvalue weighted by Crippen LogP contribution is 2.15. The SMILES string of the molecule is O=c1n(CCCNc2ccc([N+](=O)[O-])cc2)nc2n1CCCC2. The number of rotatable bonds is 6. The van der Waals surface area contributed by atoms with E-state index in [2.05, 4.69) is 10.4 Å². The molecule has 122 valence electrons. The zero-order chi connectivity index (χ0) is 16.2. The molecule has 3 rings (SSSR count). The third kappa shape index (κ3) is 3.41. The van der Waals surface area contributed by atoms with Gasteiger partial charge in [0.1, 0.15) is 5.82 Å². The molecule has 0 bridgehead atoms. The first-order valence-corrected chi connectivity index (χ1v) is 7.80. The molecule has 2 aromatic rings. The second kappa shape index (κ2) is 6.64. The Morgan fingerprint density at radius 1 is 1.26 bits per heavy atom. The van der Waals surface area contributed by atoms with Crippen LogP contribution in [0.15, 0.2) is 29.1 Å². The summed E-state index contributed by atoms with van der Waals surface area (Å²) in [5, 5.41) is 18.2. The summed E-state index contributed by atoms with van der Waals surface area (Å²) in [5.41, 5.74) is 0.882. The van der Waals surface area contributed by atoms with Gasteiger partial charge in [0.2, 0.25) is 0 Å². The number of fused-ring (bicyclic) bond motifs is 1. The average Bonchev–Trinajstić information content (AvgIpc) is 2.89. The first-order chi connectivity index (χ1) is 11.1. The number of aryl methyl sites for hydroxylation is 2. The largest absolute Gasteiger partial charge is 0.385 e. The quantitative estimate of drug-likeness (QED) is 0.498. The van der Waals surface area contributed by atoms with Gasteiger partial charge in [0, 0.05) is 43.9 Å². The molecule has 1 aliphatic heterocycles. The maximum Gasteiger partial charge on any atom is 0.345 e. The standard InChI is InChI=1S/C15H19N5O3/c21-15-18-10-2-1-4-14(18)17-19(15)11-3-9-16-12-5-7-13(8-6-12)20(22)23/h5-8,16H,1-4,9-11H2. The molecule has 23 heavy (non-hydrogen) atoms. The summed E-state index contributed by atoms with van der Waals surface area (Å²) in [6.07, 6.45) is 3.77. The van der Waals surface area contributed by atoms with Crippen molar-refractivity contribution in [2.75, 3.05) is 11.9 Å². The lowest BCUT2D eigenvalue weighted by Gasteiger charge is -2.09. The van der Waals surface area contributed by atoms with Gasteiger partial charge in [0.25, 0.3) is 5.69 Å². The van der Waals surface area contributed by atoms with Crippen molar-refractivity contribution in [2.24, 2.45) is 0 Å². The number of hydrogen-bond acceptors (Lipinski definition) is 5. The molecule has 0 fully saturated rings. The number of non-ortho nitro benzene ring substituents is 1. The van der Waals surface area contributed by atoms with Crippen molar-refractivity contribution in [3.05, 3.63) is 50.7 Å². The van der Waals surface area contributed by atoms with E-state index in [1.54, 1.807) is 16.7 Å². The molecule has 0 spiro atoms. The first-order valence-electron chi connectivity index (χ1n) is 7.80. The number of nitro benzene ring substituents is 1. The molecule has 1 aliphatic rings. The van der Waals surface area contributed by atoms with Crippen LogP contribution in [0.25, 0.3) is 0 Å². The number of nitrogens with one attached hydrogen (secondary N) is 1. The topological polar surface area (TPSA) is 95.0 Å². The van der Waals surface area contributed by atoms with Crippen molar-refractivity contribution in [3.63, 3.8) is 0 Å². The minimum Gasteiger partial charge on any atom is -0.385 e. The zero-order valence-corrected chi connectivity index (χ0v) is 12.8. The van der Waals surface area contributed by atoms with Crippen LogP contribution in [0.5, 0.6) is 0 Å². The van der Waals surface area contributed by atoms with E-state index in [9.17, 15) is 14.9 Å². The van der Waals surface area contributed by atoms with Crippen LogP contribution >= 0.6 is 0 Å². The number of anilines is 1. The number of nitro groups is 1. The smallest absolute Gasteiger partial charge is 0.345 e. The third-order valence-electron chi connectivity index (χ3n) is 3.99. The predicted octanol–water partition coefficient (Wildman–Crippen LogP) is 1.79. The minimum atomic E-state index is -0.420. The molecule has 2 heterocycles. The second-order valence-corrected chi connectivity index (χ2v) is 5.62. The Morgan fingerprint density at radius 2 is 2.04 bits per heavy atom. The van der Waals surface area contributed by atoms with Gasteiger partial charge in [-0.3, -0.25) is 14.7 Å². The van der Waals surface area contributed by atoms with Crippen LogP contribution < -0.4 is 11.0 Å². The van der Waals surface area contributed by atoms with Crippen molar-refractivity contribution in [2.45, 2.75) is 38.8 Å². The third-order valence-corrected chi connectivity index (χ3v) is 3.99. The molecule has 0 saturated heterocycles. The molecule has 1 N–H and O–H groups in total. The summed E-state index contributed by atoms with van der Waals surface area (Å²) >= 11 is 0. The molecular formula is C15H19N5O3. The fourth-order valence-electron chi connectivity index (χ4n) is 2.76. The van der Waals surface area contributed by atoms with Crippen molar-refractivity contribution in [1.29, 1.82) is 0 Å². The molecule has 0 saturated carbocycles. The van der Waals surface area contributed by atoms with Crippen LogP contribution in [0.4, 0.5) is 11.4 Å². The maximum absolute atomic E-state index is 12.2. The van der Waals surface area contributed by atoms with Gasteiger partial charge in [0.15, 0.2) is 0 Å². The Bertz CT molecular complexity index is 747. The van der Waals surface area contributed by atoms with E-state index < -0.39 is 4.92 Å². The Morgan fingerprint density at radius 3 is 2.74 bits per heavy atom. The van der Waals surface area contributed by atoms with E-state index in [1.165, 1.54) is 16.8 Å². The molecule has 0 unspecified atom stereocenters. The number of aromatic nitrogens is 3. The number of hydrogen-bond donors (Lipinski definition) is 1. The molecule has 8 nitrogen and oxygen atoms in total. The van der Waals surface area contributed by atoms with E-state index >= 15 is 0 Å².